The molecule has 0 amide bonds. The fraction of sp³-hybridized carbons (Fsp3) is 0.375. The van der Waals surface area contributed by atoms with E-state index in [1.807, 2.05) is 36.4 Å². The molecule has 0 spiro atoms. The highest BCUT2D eigenvalue weighted by atomic mass is 16.5. The van der Waals surface area contributed by atoms with Gasteiger partial charge in [-0.1, -0.05) is 90.8 Å². The summed E-state index contributed by atoms with van der Waals surface area (Å²) >= 11 is 0. The predicted octanol–water partition coefficient (Wildman–Crippen LogP) is 17.2. The molecule has 90 heavy (non-hydrogen) atoms. The highest BCUT2D eigenvalue weighted by Crippen LogP contribution is 2.42. The molecule has 3 aromatic heterocycles. The summed E-state index contributed by atoms with van der Waals surface area (Å²) in [6.07, 6.45) is -4.03. The Bertz CT molecular complexity index is 4800. The van der Waals surface area contributed by atoms with Gasteiger partial charge in [-0.25, -0.2) is 14.5 Å². The summed E-state index contributed by atoms with van der Waals surface area (Å²) in [6.45, 7) is 32.3. The monoisotopic (exact) mass is 1220 g/mol. The van der Waals surface area contributed by atoms with Gasteiger partial charge < -0.3 is 43.7 Å². The lowest BCUT2D eigenvalue weighted by Crippen LogP contribution is -2.19. The molecule has 0 saturated carbocycles. The van der Waals surface area contributed by atoms with Crippen LogP contribution in [0.2, 0.25) is 0 Å². The van der Waals surface area contributed by atoms with Crippen LogP contribution < -0.4 is 30.2 Å². The number of hydrogen-bond donors (Lipinski definition) is 3. The van der Waals surface area contributed by atoms with Crippen LogP contribution in [0.3, 0.4) is 0 Å². The Morgan fingerprint density at radius 1 is 0.500 bits per heavy atom. The van der Waals surface area contributed by atoms with Crippen molar-refractivity contribution in [3.05, 3.63) is 177 Å². The zero-order valence-electron chi connectivity index (χ0n) is 65.5. The van der Waals surface area contributed by atoms with Crippen molar-refractivity contribution >= 4 is 17.1 Å². The summed E-state index contributed by atoms with van der Waals surface area (Å²) < 4.78 is 147. The quantitative estimate of drug-likeness (QED) is 0.0575. The predicted molar refractivity (Wildman–Crippen MR) is 350 cm³/mol. The van der Waals surface area contributed by atoms with E-state index >= 15 is 0 Å². The first kappa shape index (κ1) is 47.5. The van der Waals surface area contributed by atoms with Crippen LogP contribution in [0.4, 0.5) is 17.1 Å². The highest BCUT2D eigenvalue weighted by Gasteiger charge is 2.30. The van der Waals surface area contributed by atoms with Crippen LogP contribution in [0.1, 0.15) is 171 Å². The van der Waals surface area contributed by atoms with Gasteiger partial charge in [-0.3, -0.25) is 0 Å². The van der Waals surface area contributed by atoms with E-state index in [0.717, 1.165) is 40.3 Å². The van der Waals surface area contributed by atoms with Crippen LogP contribution in [0.15, 0.2) is 123 Å². The van der Waals surface area contributed by atoms with Gasteiger partial charge in [-0.15, -0.1) is 0 Å². The standard InChI is InChI=1S/3C24H26N4O2/c3*1-5-13-26-20-11-10-17-18(20)7-6-8-19(17)23-27-24(30-28-23)16-9-12-22(29-15(2)3)21(14-16)25-4/h3*6-9,12,14-15,20,26H,5,10-11,13H2,1-3H3/t3*20-/m000/s1/i5D2,13D2,15D,20D;13D2,15D,20D;5D2,15D,20D. The van der Waals surface area contributed by atoms with Crippen LogP contribution in [-0.4, -0.2) is 68.2 Å². The number of hydrogen-bond acceptors (Lipinski definition) is 15. The molecular weight excluding hydrogens is 1130 g/mol. The van der Waals surface area contributed by atoms with E-state index in [2.05, 4.69) is 60.9 Å². The first-order chi connectivity index (χ1) is 48.5. The van der Waals surface area contributed by atoms with E-state index in [-0.39, 0.29) is 65.7 Å². The van der Waals surface area contributed by atoms with Gasteiger partial charge in [0.15, 0.2) is 0 Å². The maximum Gasteiger partial charge on any atom is 0.256 e. The van der Waals surface area contributed by atoms with E-state index in [0.29, 0.717) is 88.6 Å². The Kier molecular flexibility index (Phi) is 15.7. The first-order valence-corrected chi connectivity index (χ1v) is 29.3. The number of ether oxygens (including phenoxy) is 3. The van der Waals surface area contributed by atoms with Gasteiger partial charge in [0.25, 0.3) is 17.7 Å². The molecule has 9 aromatic rings. The zero-order valence-corrected chi connectivity index (χ0v) is 51.5. The summed E-state index contributed by atoms with van der Waals surface area (Å²) in [5.74, 6) is 2.63. The Morgan fingerprint density at radius 3 is 1.16 bits per heavy atom. The number of nitrogens with zero attached hydrogens (tertiary/aromatic N) is 9. The lowest BCUT2D eigenvalue weighted by atomic mass is 10.0. The van der Waals surface area contributed by atoms with Gasteiger partial charge in [-0.05, 0) is 207 Å². The molecular formula is C72H78N12O6. The Labute approximate surface area is 547 Å². The van der Waals surface area contributed by atoms with Gasteiger partial charge in [0.05, 0.1) is 46.2 Å². The van der Waals surface area contributed by atoms with E-state index in [9.17, 15) is 0 Å². The van der Waals surface area contributed by atoms with Crippen molar-refractivity contribution in [2.24, 2.45) is 0 Å². The zero-order chi connectivity index (χ0) is 76.0. The molecule has 0 bridgehead atoms. The largest absolute Gasteiger partial charge is 0.502 e. The fourth-order valence-corrected chi connectivity index (χ4v) is 10.7. The van der Waals surface area contributed by atoms with Crippen molar-refractivity contribution in [1.82, 2.24) is 46.4 Å². The van der Waals surface area contributed by atoms with Crippen LogP contribution in [0.5, 0.6) is 17.2 Å². The molecule has 0 fully saturated rings. The molecule has 6 aromatic carbocycles. The topological polar surface area (TPSA) is 194 Å². The average molecular weight is 1220 g/mol. The third kappa shape index (κ3) is 14.6. The molecule has 0 saturated heterocycles. The van der Waals surface area contributed by atoms with E-state index in [4.69, 9.17) is 66.7 Å². The second-order valence-electron chi connectivity index (χ2n) is 21.5. The minimum absolute atomic E-state index is 0.0764. The molecule has 3 aliphatic rings. The molecule has 18 nitrogen and oxygen atoms in total. The van der Waals surface area contributed by atoms with Crippen LogP contribution in [0, 0.1) is 19.7 Å². The molecule has 18 heteroatoms. The number of nitrogens with one attached hydrogen (secondary N) is 3. The second kappa shape index (κ2) is 29.7. The number of fused-ring (bicyclic) bond motifs is 3. The maximum atomic E-state index is 8.89. The van der Waals surface area contributed by atoms with Crippen molar-refractivity contribution in [1.29, 1.82) is 0 Å². The first-order valence-electron chi connectivity index (χ1n) is 36.3. The molecule has 3 atom stereocenters. The van der Waals surface area contributed by atoms with Crippen molar-refractivity contribution in [2.75, 3.05) is 19.5 Å². The molecule has 0 radical (unpaired) electrons. The summed E-state index contributed by atoms with van der Waals surface area (Å²) in [7, 11) is 0. The SMILES string of the molecule is [2H]C(C)(C)Oc1ccc(-c2nc(-c3cccc4c3CC[C@]4([2H])NC([2H])([2H])C([2H])([2H])C)no2)cc1[N+]#[C-].[2H]C([2H])(C)CN[C@@]1([2H])CCc2c(-c3noc(-c4ccc(OC([2H])(C)C)c([N+]#[C-])c4)n3)cccc21.[2H]C([2H])(CC)N[C@@]1([2H])CCc2c(-c3noc(-c4ccc(OC([2H])(C)C)c([N+]#[C-])c4)n3)cccc21. The molecule has 0 unspecified atom stereocenters. The van der Waals surface area contributed by atoms with Crippen molar-refractivity contribution in [3.63, 3.8) is 0 Å². The Balaban J connectivity index is 0.000000168. The molecule has 3 N–H and O–H groups in total. The molecule has 462 valence electrons. The normalized spacial score (nSPS) is 21.0. The van der Waals surface area contributed by atoms with E-state index < -0.39 is 62.0 Å². The summed E-state index contributed by atoms with van der Waals surface area (Å²) in [6, 6.07) is 27.2. The van der Waals surface area contributed by atoms with Crippen molar-refractivity contribution in [2.45, 2.75) is 156 Å². The summed E-state index contributed by atoms with van der Waals surface area (Å²) in [5, 5.41) is 20.9. The number of benzene rings is 6. The van der Waals surface area contributed by atoms with E-state index in [1.165, 1.54) is 6.92 Å². The van der Waals surface area contributed by atoms with Gasteiger partial charge in [0, 0.05) is 62.4 Å². The van der Waals surface area contributed by atoms with Crippen LogP contribution in [-0.2, 0) is 19.3 Å². The summed E-state index contributed by atoms with van der Waals surface area (Å²) in [5.41, 5.74) is 9.12. The molecule has 12 rings (SSSR count). The molecule has 0 aliphatic heterocycles. The minimum Gasteiger partial charge on any atom is -0.502 e. The Hall–Kier alpha value is -9.51. The fourth-order valence-electron chi connectivity index (χ4n) is 10.7. The second-order valence-corrected chi connectivity index (χ2v) is 21.5. The Morgan fingerprint density at radius 2 is 0.844 bits per heavy atom. The van der Waals surface area contributed by atoms with Gasteiger partial charge in [0.1, 0.15) is 17.2 Å². The van der Waals surface area contributed by atoms with Crippen molar-refractivity contribution in [3.8, 4) is 85.8 Å². The summed E-state index contributed by atoms with van der Waals surface area (Å²) in [4.78, 5) is 24.0. The highest BCUT2D eigenvalue weighted by molar-refractivity contribution is 5.74. The average Bonchev–Trinajstić information content (AvgIpc) is 1.66. The lowest BCUT2D eigenvalue weighted by Gasteiger charge is -2.13. The van der Waals surface area contributed by atoms with Crippen LogP contribution in [0.25, 0.3) is 83.1 Å². The van der Waals surface area contributed by atoms with E-state index in [1.54, 1.807) is 121 Å². The third-order valence-corrected chi connectivity index (χ3v) is 14.5. The molecule has 3 heterocycles. The van der Waals surface area contributed by atoms with Gasteiger partial charge in [0.2, 0.25) is 34.5 Å². The van der Waals surface area contributed by atoms with Crippen LogP contribution >= 0.6 is 0 Å². The number of aromatic nitrogens is 6. The smallest absolute Gasteiger partial charge is 0.256 e. The molecule has 3 aliphatic carbocycles. The third-order valence-electron chi connectivity index (χ3n) is 14.5. The van der Waals surface area contributed by atoms with Crippen molar-refractivity contribution < 1.29 is 47.0 Å². The van der Waals surface area contributed by atoms with Gasteiger partial charge >= 0.3 is 0 Å². The minimum atomic E-state index is -2.42. The number of rotatable bonds is 21. The van der Waals surface area contributed by atoms with Gasteiger partial charge in [-0.2, -0.15) is 15.0 Å². The maximum absolute atomic E-state index is 8.89. The lowest BCUT2D eigenvalue weighted by molar-refractivity contribution is 0.244.